The van der Waals surface area contributed by atoms with E-state index in [4.69, 9.17) is 5.11 Å². The molecule has 10 heteroatoms. The van der Waals surface area contributed by atoms with Crippen LogP contribution in [-0.4, -0.2) is 42.1 Å². The van der Waals surface area contributed by atoms with Crippen molar-refractivity contribution in [2.45, 2.75) is 37.2 Å². The zero-order chi connectivity index (χ0) is 19.5. The Kier molecular flexibility index (Phi) is 6.33. The molecule has 0 aliphatic rings. The van der Waals surface area contributed by atoms with Gasteiger partial charge in [0.05, 0.1) is 0 Å². The third kappa shape index (κ3) is 4.77. The smallest absolute Gasteiger partial charge is 0.430 e. The molecule has 0 aliphatic heterocycles. The van der Waals surface area contributed by atoms with E-state index in [0.717, 1.165) is 12.1 Å². The van der Waals surface area contributed by atoms with Gasteiger partial charge in [0.2, 0.25) is 0 Å². The molecule has 0 saturated heterocycles. The Morgan fingerprint density at radius 2 is 1.48 bits per heavy atom. The SMILES string of the molecule is CN(CCCCC(=O)O)c1ccc(C(O)(C(F)(F)F)C(F)(F)F)cc1. The summed E-state index contributed by atoms with van der Waals surface area (Å²) in [4.78, 5) is 11.9. The molecule has 0 atom stereocenters. The van der Waals surface area contributed by atoms with Gasteiger partial charge in [-0.2, -0.15) is 26.3 Å². The molecule has 0 bridgehead atoms. The number of aliphatic hydroxyl groups is 1. The first-order chi connectivity index (χ1) is 11.3. The molecule has 0 amide bonds. The van der Waals surface area contributed by atoms with Gasteiger partial charge in [-0.25, -0.2) is 0 Å². The second-order valence-corrected chi connectivity index (χ2v) is 5.53. The Bertz CT molecular complexity index is 568. The van der Waals surface area contributed by atoms with Crippen LogP contribution >= 0.6 is 0 Å². The number of carboxylic acid groups (broad SMARTS) is 1. The van der Waals surface area contributed by atoms with E-state index < -0.39 is 29.5 Å². The quantitative estimate of drug-likeness (QED) is 0.565. The van der Waals surface area contributed by atoms with Crippen LogP contribution in [0.3, 0.4) is 0 Å². The van der Waals surface area contributed by atoms with E-state index in [1.54, 1.807) is 11.9 Å². The van der Waals surface area contributed by atoms with E-state index in [1.165, 1.54) is 0 Å². The number of unbranched alkanes of at least 4 members (excludes halogenated alkanes) is 1. The molecule has 2 N–H and O–H groups in total. The van der Waals surface area contributed by atoms with Gasteiger partial charge in [0.1, 0.15) is 0 Å². The normalized spacial score (nSPS) is 13.0. The first-order valence-electron chi connectivity index (χ1n) is 7.20. The molecule has 142 valence electrons. The summed E-state index contributed by atoms with van der Waals surface area (Å²) in [5.41, 5.74) is -5.93. The van der Waals surface area contributed by atoms with Gasteiger partial charge < -0.3 is 15.1 Å². The van der Waals surface area contributed by atoms with Crippen LogP contribution in [0.4, 0.5) is 32.0 Å². The molecule has 25 heavy (non-hydrogen) atoms. The fraction of sp³-hybridized carbons (Fsp3) is 0.533. The van der Waals surface area contributed by atoms with Crippen molar-refractivity contribution >= 4 is 11.7 Å². The number of hydrogen-bond acceptors (Lipinski definition) is 3. The second-order valence-electron chi connectivity index (χ2n) is 5.53. The Morgan fingerprint density at radius 1 is 1.00 bits per heavy atom. The van der Waals surface area contributed by atoms with E-state index in [9.17, 15) is 36.2 Å². The highest BCUT2D eigenvalue weighted by Gasteiger charge is 2.71. The Balaban J connectivity index is 2.92. The summed E-state index contributed by atoms with van der Waals surface area (Å²) in [5, 5.41) is 17.8. The first kappa shape index (κ1) is 21.1. The van der Waals surface area contributed by atoms with Crippen molar-refractivity contribution in [1.29, 1.82) is 0 Å². The molecule has 0 aromatic heterocycles. The summed E-state index contributed by atoms with van der Waals surface area (Å²) < 4.78 is 76.7. The minimum Gasteiger partial charge on any atom is -0.481 e. The third-order valence-corrected chi connectivity index (χ3v) is 3.68. The molecule has 4 nitrogen and oxygen atoms in total. The third-order valence-electron chi connectivity index (χ3n) is 3.68. The van der Waals surface area contributed by atoms with Crippen molar-refractivity contribution in [2.24, 2.45) is 0 Å². The highest BCUT2D eigenvalue weighted by Crippen LogP contribution is 2.50. The maximum Gasteiger partial charge on any atom is 0.430 e. The monoisotopic (exact) mass is 373 g/mol. The number of aliphatic carboxylic acids is 1. The molecule has 0 radical (unpaired) electrons. The van der Waals surface area contributed by atoms with Crippen molar-refractivity contribution in [2.75, 3.05) is 18.5 Å². The number of carbonyl (C=O) groups is 1. The Hall–Kier alpha value is -1.97. The number of anilines is 1. The number of rotatable bonds is 7. The molecular formula is C15H17F6NO3. The minimum absolute atomic E-state index is 0.0308. The molecular weight excluding hydrogens is 356 g/mol. The highest BCUT2D eigenvalue weighted by atomic mass is 19.4. The summed E-state index contributed by atoms with van der Waals surface area (Å²) in [6.07, 6.45) is -11.0. The number of nitrogens with zero attached hydrogens (tertiary/aromatic N) is 1. The van der Waals surface area contributed by atoms with Gasteiger partial charge in [0.15, 0.2) is 0 Å². The molecule has 1 aromatic carbocycles. The van der Waals surface area contributed by atoms with Crippen molar-refractivity contribution in [3.8, 4) is 0 Å². The fourth-order valence-corrected chi connectivity index (χ4v) is 2.20. The van der Waals surface area contributed by atoms with Crippen LogP contribution in [0.5, 0.6) is 0 Å². The van der Waals surface area contributed by atoms with Gasteiger partial charge in [-0.1, -0.05) is 12.1 Å². The second kappa shape index (κ2) is 7.51. The maximum absolute atomic E-state index is 12.8. The van der Waals surface area contributed by atoms with Crippen LogP contribution in [-0.2, 0) is 10.4 Å². The van der Waals surface area contributed by atoms with Crippen molar-refractivity contribution in [3.05, 3.63) is 29.8 Å². The zero-order valence-electron chi connectivity index (χ0n) is 13.2. The molecule has 1 aromatic rings. The largest absolute Gasteiger partial charge is 0.481 e. The lowest BCUT2D eigenvalue weighted by atomic mass is 9.92. The van der Waals surface area contributed by atoms with E-state index in [0.29, 0.717) is 37.2 Å². The lowest BCUT2D eigenvalue weighted by Crippen LogP contribution is -2.53. The van der Waals surface area contributed by atoms with Gasteiger partial charge in [-0.3, -0.25) is 4.79 Å². The molecule has 0 saturated carbocycles. The maximum atomic E-state index is 12.8. The van der Waals surface area contributed by atoms with Crippen LogP contribution in [0, 0.1) is 0 Å². The van der Waals surface area contributed by atoms with Crippen molar-refractivity contribution in [3.63, 3.8) is 0 Å². The highest BCUT2D eigenvalue weighted by molar-refractivity contribution is 5.66. The number of halogens is 6. The summed E-state index contributed by atoms with van der Waals surface area (Å²) in [7, 11) is 1.56. The van der Waals surface area contributed by atoms with Gasteiger partial charge in [0.25, 0.3) is 5.60 Å². The molecule has 0 unspecified atom stereocenters. The van der Waals surface area contributed by atoms with Gasteiger partial charge in [-0.05, 0) is 25.0 Å². The van der Waals surface area contributed by atoms with Gasteiger partial charge in [-0.15, -0.1) is 0 Å². The lowest BCUT2D eigenvalue weighted by molar-refractivity contribution is -0.376. The topological polar surface area (TPSA) is 60.8 Å². The van der Waals surface area contributed by atoms with Gasteiger partial charge >= 0.3 is 18.3 Å². The number of alkyl halides is 6. The summed E-state index contributed by atoms with van der Waals surface area (Å²) in [6, 6.07) is 3.22. The average molecular weight is 373 g/mol. The Labute approximate surface area is 139 Å². The van der Waals surface area contributed by atoms with Crippen LogP contribution in [0.15, 0.2) is 24.3 Å². The van der Waals surface area contributed by atoms with Crippen molar-refractivity contribution < 1.29 is 41.4 Å². The van der Waals surface area contributed by atoms with E-state index in [-0.39, 0.29) is 6.42 Å². The molecule has 0 spiro atoms. The van der Waals surface area contributed by atoms with Gasteiger partial charge in [0, 0.05) is 31.3 Å². The number of carboxylic acids is 1. The Morgan fingerprint density at radius 3 is 1.88 bits per heavy atom. The van der Waals surface area contributed by atoms with Crippen LogP contribution in [0.2, 0.25) is 0 Å². The van der Waals surface area contributed by atoms with E-state index in [1.807, 2.05) is 0 Å². The van der Waals surface area contributed by atoms with Crippen LogP contribution in [0.1, 0.15) is 24.8 Å². The van der Waals surface area contributed by atoms with E-state index >= 15 is 0 Å². The fourth-order valence-electron chi connectivity index (χ4n) is 2.20. The van der Waals surface area contributed by atoms with Crippen molar-refractivity contribution in [1.82, 2.24) is 0 Å². The first-order valence-corrected chi connectivity index (χ1v) is 7.20. The van der Waals surface area contributed by atoms with Crippen LogP contribution < -0.4 is 4.90 Å². The zero-order valence-corrected chi connectivity index (χ0v) is 13.2. The number of hydrogen-bond donors (Lipinski definition) is 2. The standard InChI is InChI=1S/C15H17F6NO3/c1-22(9-3-2-4-12(23)24)11-7-5-10(6-8-11)13(25,14(16,17)18)15(19,20)21/h5-8,25H,2-4,9H2,1H3,(H,23,24). The average Bonchev–Trinajstić information content (AvgIpc) is 2.48. The lowest BCUT2D eigenvalue weighted by Gasteiger charge is -2.33. The summed E-state index contributed by atoms with van der Waals surface area (Å²) in [6.45, 7) is 0.370. The van der Waals surface area contributed by atoms with Crippen LogP contribution in [0.25, 0.3) is 0 Å². The molecule has 0 heterocycles. The van der Waals surface area contributed by atoms with E-state index in [2.05, 4.69) is 0 Å². The molecule has 0 aliphatic carbocycles. The summed E-state index contributed by atoms with van der Waals surface area (Å²) in [5.74, 6) is -0.953. The summed E-state index contributed by atoms with van der Waals surface area (Å²) >= 11 is 0. The predicted molar refractivity (Wildman–Crippen MR) is 77.2 cm³/mol. The number of benzene rings is 1. The molecule has 1 rings (SSSR count). The molecule has 0 fully saturated rings. The predicted octanol–water partition coefficient (Wildman–Crippen LogP) is 3.69. The minimum atomic E-state index is -5.92.